The molecule has 0 bridgehead atoms. The van der Waals surface area contributed by atoms with Crippen LogP contribution in [0.1, 0.15) is 65.9 Å². The zero-order valence-electron chi connectivity index (χ0n) is 12.9. The molecule has 128 valence electrons. The van der Waals surface area contributed by atoms with Gasteiger partial charge in [0.1, 0.15) is 5.82 Å². The lowest BCUT2D eigenvalue weighted by Gasteiger charge is -2.26. The molecule has 2 aromatic carbocycles. The first-order valence-corrected chi connectivity index (χ1v) is 8.00. The van der Waals surface area contributed by atoms with Crippen LogP contribution >= 0.6 is 0 Å². The lowest BCUT2D eigenvalue weighted by Crippen LogP contribution is -2.10. The molecule has 1 aliphatic rings. The van der Waals surface area contributed by atoms with Crippen molar-refractivity contribution in [3.05, 3.63) is 59.4 Å². The predicted molar refractivity (Wildman–Crippen MR) is 103 cm³/mol. The molecule has 1 heteroatoms. The van der Waals surface area contributed by atoms with Crippen molar-refractivity contribution in [2.24, 2.45) is 5.92 Å². The van der Waals surface area contributed by atoms with Gasteiger partial charge in [-0.15, -0.1) is 0 Å². The highest BCUT2D eigenvalue weighted by molar-refractivity contribution is 5.64. The molecule has 0 spiro atoms. The molecule has 0 amide bonds. The minimum atomic E-state index is -0.127. The van der Waals surface area contributed by atoms with E-state index in [1.807, 2.05) is 12.1 Å². The predicted octanol–water partition coefficient (Wildman–Crippen LogP) is 7.61. The van der Waals surface area contributed by atoms with Crippen molar-refractivity contribution >= 4 is 0 Å². The fourth-order valence-corrected chi connectivity index (χ4v) is 3.31. The number of hydrogen-bond donors (Lipinski definition) is 0. The summed E-state index contributed by atoms with van der Waals surface area (Å²) in [4.78, 5) is 0. The van der Waals surface area contributed by atoms with Gasteiger partial charge in [0, 0.05) is 1.43 Å². The summed E-state index contributed by atoms with van der Waals surface area (Å²) in [6, 6.07) is 14.2. The van der Waals surface area contributed by atoms with Crippen LogP contribution in [0.25, 0.3) is 11.1 Å². The molecular weight excluding hydrogens is 283 g/mol. The maximum absolute atomic E-state index is 13.7. The third kappa shape index (κ3) is 4.43. The summed E-state index contributed by atoms with van der Waals surface area (Å²) < 4.78 is 13.7. The Kier molecular flexibility index (Phi) is 7.00. The standard InChI is InChI=1S/C20H23F.2CH4.H2/c1-14-3-6-16(7-4-14)17-9-11-18(12-10-17)19-8-5-15(2)20(21)13-19;;;/h5,8-14,16H,3-4,6-7H2,1-2H3;2*1H4;1H. The Balaban J connectivity index is 0.00000176. The van der Waals surface area contributed by atoms with E-state index in [0.29, 0.717) is 11.5 Å². The summed E-state index contributed by atoms with van der Waals surface area (Å²) in [6.07, 6.45) is 5.30. The van der Waals surface area contributed by atoms with Crippen LogP contribution in [0.3, 0.4) is 0 Å². The van der Waals surface area contributed by atoms with Gasteiger partial charge in [-0.05, 0) is 59.9 Å². The highest BCUT2D eigenvalue weighted by Crippen LogP contribution is 2.36. The van der Waals surface area contributed by atoms with E-state index in [0.717, 1.165) is 17.0 Å². The van der Waals surface area contributed by atoms with Crippen molar-refractivity contribution < 1.29 is 5.82 Å². The lowest BCUT2D eigenvalue weighted by molar-refractivity contribution is 0.348. The van der Waals surface area contributed by atoms with Crippen molar-refractivity contribution in [1.29, 1.82) is 0 Å². The van der Waals surface area contributed by atoms with Gasteiger partial charge < -0.3 is 0 Å². The van der Waals surface area contributed by atoms with E-state index in [1.165, 1.54) is 31.2 Å². The van der Waals surface area contributed by atoms with Gasteiger partial charge in [0.05, 0.1) is 0 Å². The Morgan fingerprint density at radius 2 is 1.43 bits per heavy atom. The van der Waals surface area contributed by atoms with Crippen LogP contribution in [0.5, 0.6) is 0 Å². The number of benzene rings is 2. The van der Waals surface area contributed by atoms with Crippen molar-refractivity contribution in [3.8, 4) is 11.1 Å². The van der Waals surface area contributed by atoms with E-state index < -0.39 is 0 Å². The zero-order chi connectivity index (χ0) is 14.8. The van der Waals surface area contributed by atoms with Crippen molar-refractivity contribution in [2.45, 2.75) is 60.3 Å². The molecule has 2 aromatic rings. The minimum Gasteiger partial charge on any atom is -0.207 e. The first kappa shape index (κ1) is 19.4. The van der Waals surface area contributed by atoms with E-state index in [4.69, 9.17) is 0 Å². The third-order valence-electron chi connectivity index (χ3n) is 4.90. The van der Waals surface area contributed by atoms with Gasteiger partial charge in [-0.25, -0.2) is 4.39 Å². The molecule has 3 rings (SSSR count). The van der Waals surface area contributed by atoms with Crippen molar-refractivity contribution in [3.63, 3.8) is 0 Å². The number of halogens is 1. The number of aryl methyl sites for hydroxylation is 1. The van der Waals surface area contributed by atoms with E-state index in [1.54, 1.807) is 13.0 Å². The fraction of sp³-hybridized carbons (Fsp3) is 0.455. The Hall–Kier alpha value is -1.63. The molecule has 0 atom stereocenters. The molecular formula is C22H33F. The highest BCUT2D eigenvalue weighted by atomic mass is 19.1. The minimum absolute atomic E-state index is 0. The summed E-state index contributed by atoms with van der Waals surface area (Å²) in [7, 11) is 0. The summed E-state index contributed by atoms with van der Waals surface area (Å²) in [5.41, 5.74) is 4.20. The van der Waals surface area contributed by atoms with Gasteiger partial charge in [0.25, 0.3) is 0 Å². The third-order valence-corrected chi connectivity index (χ3v) is 4.90. The van der Waals surface area contributed by atoms with Crippen LogP contribution in [0.15, 0.2) is 42.5 Å². The highest BCUT2D eigenvalue weighted by Gasteiger charge is 2.19. The van der Waals surface area contributed by atoms with Crippen LogP contribution in [-0.4, -0.2) is 0 Å². The molecule has 0 radical (unpaired) electrons. The fourth-order valence-electron chi connectivity index (χ4n) is 3.31. The first-order valence-electron chi connectivity index (χ1n) is 8.00. The molecule has 1 saturated carbocycles. The Morgan fingerprint density at radius 3 is 2.00 bits per heavy atom. The van der Waals surface area contributed by atoms with Gasteiger partial charge in [-0.2, -0.15) is 0 Å². The average molecular weight is 317 g/mol. The van der Waals surface area contributed by atoms with Crippen LogP contribution in [0.4, 0.5) is 4.39 Å². The van der Waals surface area contributed by atoms with Crippen molar-refractivity contribution in [1.82, 2.24) is 0 Å². The van der Waals surface area contributed by atoms with Gasteiger partial charge >= 0.3 is 0 Å². The van der Waals surface area contributed by atoms with E-state index in [2.05, 4.69) is 31.2 Å². The normalized spacial score (nSPS) is 20.3. The molecule has 1 aliphatic carbocycles. The van der Waals surface area contributed by atoms with Crippen LogP contribution in [0.2, 0.25) is 0 Å². The molecule has 1 fully saturated rings. The number of hydrogen-bond acceptors (Lipinski definition) is 0. The summed E-state index contributed by atoms with van der Waals surface area (Å²) >= 11 is 0. The summed E-state index contributed by atoms with van der Waals surface area (Å²) in [6.45, 7) is 4.15. The van der Waals surface area contributed by atoms with E-state index >= 15 is 0 Å². The van der Waals surface area contributed by atoms with Gasteiger partial charge in [-0.3, -0.25) is 0 Å². The van der Waals surface area contributed by atoms with Gasteiger partial charge in [-0.1, -0.05) is 71.0 Å². The average Bonchev–Trinajstić information content (AvgIpc) is 2.51. The lowest BCUT2D eigenvalue weighted by atomic mass is 9.79. The maximum Gasteiger partial charge on any atom is 0.126 e. The molecule has 0 heterocycles. The van der Waals surface area contributed by atoms with Crippen LogP contribution < -0.4 is 0 Å². The summed E-state index contributed by atoms with van der Waals surface area (Å²) in [5.74, 6) is 1.47. The largest absolute Gasteiger partial charge is 0.207 e. The Labute approximate surface area is 143 Å². The molecule has 0 aromatic heterocycles. The number of rotatable bonds is 2. The monoisotopic (exact) mass is 316 g/mol. The zero-order valence-corrected chi connectivity index (χ0v) is 12.9. The van der Waals surface area contributed by atoms with E-state index in [-0.39, 0.29) is 22.1 Å². The van der Waals surface area contributed by atoms with Gasteiger partial charge in [0.2, 0.25) is 0 Å². The molecule has 0 saturated heterocycles. The molecule has 0 aliphatic heterocycles. The second-order valence-electron chi connectivity index (χ2n) is 6.54. The Morgan fingerprint density at radius 1 is 0.870 bits per heavy atom. The molecule has 0 nitrogen and oxygen atoms in total. The van der Waals surface area contributed by atoms with Crippen LogP contribution in [0, 0.1) is 18.7 Å². The molecule has 23 heavy (non-hydrogen) atoms. The van der Waals surface area contributed by atoms with E-state index in [9.17, 15) is 4.39 Å². The second kappa shape index (κ2) is 8.29. The molecule has 0 N–H and O–H groups in total. The topological polar surface area (TPSA) is 0 Å². The Bertz CT molecular complexity index is 610. The van der Waals surface area contributed by atoms with Gasteiger partial charge in [0.15, 0.2) is 0 Å². The maximum atomic E-state index is 13.7. The smallest absolute Gasteiger partial charge is 0.126 e. The quantitative estimate of drug-likeness (QED) is 0.534. The second-order valence-corrected chi connectivity index (χ2v) is 6.54. The first-order chi connectivity index (χ1) is 10.1. The van der Waals surface area contributed by atoms with Crippen LogP contribution in [-0.2, 0) is 0 Å². The summed E-state index contributed by atoms with van der Waals surface area (Å²) in [5, 5.41) is 0. The SMILES string of the molecule is C.C.Cc1ccc(-c2ccc(C3CCC(C)CC3)cc2)cc1F.[HH]. The molecule has 0 unspecified atom stereocenters. The van der Waals surface area contributed by atoms with Crippen molar-refractivity contribution in [2.75, 3.05) is 0 Å².